The number of nitrogens with zero attached hydrogens (tertiary/aromatic N) is 2. The van der Waals surface area contributed by atoms with E-state index in [2.05, 4.69) is 43.0 Å². The van der Waals surface area contributed by atoms with Crippen LogP contribution in [0.2, 0.25) is 0 Å². The van der Waals surface area contributed by atoms with Crippen molar-refractivity contribution in [3.05, 3.63) is 24.3 Å². The van der Waals surface area contributed by atoms with Crippen LogP contribution in [0.1, 0.15) is 45.9 Å². The van der Waals surface area contributed by atoms with Gasteiger partial charge >= 0.3 is 0 Å². The molecule has 0 radical (unpaired) electrons. The average Bonchev–Trinajstić information content (AvgIpc) is 2.17. The summed E-state index contributed by atoms with van der Waals surface area (Å²) in [6.45, 7) is 9.80. The van der Waals surface area contributed by atoms with Crippen molar-refractivity contribution < 1.29 is 0 Å². The molecule has 1 atom stereocenters. The summed E-state index contributed by atoms with van der Waals surface area (Å²) in [7, 11) is 0. The zero-order chi connectivity index (χ0) is 11.3. The highest BCUT2D eigenvalue weighted by atomic mass is 14.9. The summed E-state index contributed by atoms with van der Waals surface area (Å²) in [5.41, 5.74) is 1.33. The molecule has 1 N–H and O–H groups in total. The van der Waals surface area contributed by atoms with Crippen molar-refractivity contribution in [2.45, 2.75) is 40.2 Å². The lowest BCUT2D eigenvalue weighted by Gasteiger charge is -2.25. The minimum atomic E-state index is 0.296. The molecule has 0 aliphatic rings. The number of hydrogen-bond acceptors (Lipinski definition) is 3. The standard InChI is InChI=1S/C12H21N3/c1-5-14-10(8-12(2,3)4)11-9-13-6-7-15-11/h6-7,9-10,14H,5,8H2,1-4H3. The lowest BCUT2D eigenvalue weighted by molar-refractivity contribution is 0.310. The SMILES string of the molecule is CCNC(CC(C)(C)C)c1cnccn1. The van der Waals surface area contributed by atoms with Crippen molar-refractivity contribution in [1.29, 1.82) is 0 Å². The van der Waals surface area contributed by atoms with Crippen molar-refractivity contribution in [2.75, 3.05) is 6.54 Å². The van der Waals surface area contributed by atoms with Crippen LogP contribution in [-0.4, -0.2) is 16.5 Å². The molecule has 0 aliphatic heterocycles. The van der Waals surface area contributed by atoms with Crippen LogP contribution in [0.25, 0.3) is 0 Å². The van der Waals surface area contributed by atoms with Crippen molar-refractivity contribution in [2.24, 2.45) is 5.41 Å². The van der Waals surface area contributed by atoms with E-state index in [0.29, 0.717) is 11.5 Å². The third kappa shape index (κ3) is 4.38. The van der Waals surface area contributed by atoms with E-state index < -0.39 is 0 Å². The van der Waals surface area contributed by atoms with Crippen molar-refractivity contribution in [1.82, 2.24) is 15.3 Å². The van der Waals surface area contributed by atoms with Gasteiger partial charge in [-0.15, -0.1) is 0 Å². The average molecular weight is 207 g/mol. The van der Waals surface area contributed by atoms with Gasteiger partial charge in [0.25, 0.3) is 0 Å². The zero-order valence-corrected chi connectivity index (χ0v) is 10.1. The Morgan fingerprint density at radius 1 is 1.33 bits per heavy atom. The van der Waals surface area contributed by atoms with E-state index in [9.17, 15) is 0 Å². The predicted molar refractivity (Wildman–Crippen MR) is 62.5 cm³/mol. The van der Waals surface area contributed by atoms with Gasteiger partial charge in [0.05, 0.1) is 11.7 Å². The van der Waals surface area contributed by atoms with Crippen molar-refractivity contribution in [3.63, 3.8) is 0 Å². The molecule has 1 aromatic rings. The lowest BCUT2D eigenvalue weighted by atomic mass is 9.87. The van der Waals surface area contributed by atoms with E-state index >= 15 is 0 Å². The molecule has 0 aromatic carbocycles. The van der Waals surface area contributed by atoms with Crippen molar-refractivity contribution >= 4 is 0 Å². The van der Waals surface area contributed by atoms with Gasteiger partial charge in [-0.25, -0.2) is 0 Å². The van der Waals surface area contributed by atoms with Gasteiger partial charge < -0.3 is 5.32 Å². The van der Waals surface area contributed by atoms with Crippen LogP contribution in [0.4, 0.5) is 0 Å². The molecule has 0 bridgehead atoms. The van der Waals surface area contributed by atoms with Gasteiger partial charge in [0, 0.05) is 18.6 Å². The number of hydrogen-bond donors (Lipinski definition) is 1. The minimum Gasteiger partial charge on any atom is -0.309 e. The Morgan fingerprint density at radius 2 is 2.07 bits per heavy atom. The molecule has 0 saturated heterocycles. The molecule has 0 aliphatic carbocycles. The quantitative estimate of drug-likeness (QED) is 0.824. The second-order valence-electron chi connectivity index (χ2n) is 5.01. The van der Waals surface area contributed by atoms with E-state index in [4.69, 9.17) is 0 Å². The van der Waals surface area contributed by atoms with Gasteiger partial charge in [0.15, 0.2) is 0 Å². The molecule has 0 amide bonds. The summed E-state index contributed by atoms with van der Waals surface area (Å²) in [6.07, 6.45) is 6.38. The first-order valence-electron chi connectivity index (χ1n) is 5.52. The van der Waals surface area contributed by atoms with E-state index in [1.54, 1.807) is 12.4 Å². The number of rotatable bonds is 4. The summed E-state index contributed by atoms with van der Waals surface area (Å²) < 4.78 is 0. The first-order chi connectivity index (χ1) is 7.03. The molecule has 0 saturated carbocycles. The number of nitrogens with one attached hydrogen (secondary N) is 1. The predicted octanol–water partition coefficient (Wildman–Crippen LogP) is 2.56. The van der Waals surface area contributed by atoms with Crippen LogP contribution in [-0.2, 0) is 0 Å². The molecule has 0 spiro atoms. The van der Waals surface area contributed by atoms with Crippen LogP contribution >= 0.6 is 0 Å². The third-order valence-corrected chi connectivity index (χ3v) is 2.21. The molecule has 3 heteroatoms. The first kappa shape index (κ1) is 12.1. The molecular formula is C12H21N3. The van der Waals surface area contributed by atoms with Crippen LogP contribution in [0, 0.1) is 5.41 Å². The molecule has 1 rings (SSSR count). The van der Waals surface area contributed by atoms with Crippen LogP contribution in [0.3, 0.4) is 0 Å². The highest BCUT2D eigenvalue weighted by Gasteiger charge is 2.20. The molecular weight excluding hydrogens is 186 g/mol. The van der Waals surface area contributed by atoms with E-state index in [1.807, 2.05) is 6.20 Å². The Balaban J connectivity index is 2.75. The largest absolute Gasteiger partial charge is 0.309 e. The van der Waals surface area contributed by atoms with Gasteiger partial charge in [-0.05, 0) is 18.4 Å². The summed E-state index contributed by atoms with van der Waals surface area (Å²) in [4.78, 5) is 8.47. The molecule has 1 aromatic heterocycles. The second kappa shape index (κ2) is 5.21. The van der Waals surface area contributed by atoms with Gasteiger partial charge in [0.2, 0.25) is 0 Å². The molecule has 1 heterocycles. The number of aromatic nitrogens is 2. The fraction of sp³-hybridized carbons (Fsp3) is 0.667. The Morgan fingerprint density at radius 3 is 2.53 bits per heavy atom. The van der Waals surface area contributed by atoms with E-state index in [-0.39, 0.29) is 0 Å². The topological polar surface area (TPSA) is 37.8 Å². The third-order valence-electron chi connectivity index (χ3n) is 2.21. The van der Waals surface area contributed by atoms with Crippen molar-refractivity contribution in [3.8, 4) is 0 Å². The maximum atomic E-state index is 4.36. The zero-order valence-electron chi connectivity index (χ0n) is 10.1. The van der Waals surface area contributed by atoms with Crippen LogP contribution < -0.4 is 5.32 Å². The van der Waals surface area contributed by atoms with Crippen LogP contribution in [0.5, 0.6) is 0 Å². The maximum absolute atomic E-state index is 4.36. The second-order valence-corrected chi connectivity index (χ2v) is 5.01. The fourth-order valence-corrected chi connectivity index (χ4v) is 1.63. The minimum absolute atomic E-state index is 0.296. The monoisotopic (exact) mass is 207 g/mol. The Labute approximate surface area is 92.3 Å². The molecule has 1 unspecified atom stereocenters. The summed E-state index contributed by atoms with van der Waals surface area (Å²) >= 11 is 0. The maximum Gasteiger partial charge on any atom is 0.0756 e. The molecule has 84 valence electrons. The Bertz CT molecular complexity index is 277. The summed E-state index contributed by atoms with van der Waals surface area (Å²) in [5, 5.41) is 3.45. The van der Waals surface area contributed by atoms with E-state index in [0.717, 1.165) is 18.7 Å². The smallest absolute Gasteiger partial charge is 0.0756 e. The van der Waals surface area contributed by atoms with Gasteiger partial charge in [0.1, 0.15) is 0 Å². The van der Waals surface area contributed by atoms with Crippen LogP contribution in [0.15, 0.2) is 18.6 Å². The summed E-state index contributed by atoms with van der Waals surface area (Å²) in [6, 6.07) is 0.309. The van der Waals surface area contributed by atoms with Gasteiger partial charge in [-0.2, -0.15) is 0 Å². The first-order valence-corrected chi connectivity index (χ1v) is 5.52. The highest BCUT2D eigenvalue weighted by molar-refractivity contribution is 5.03. The Kier molecular flexibility index (Phi) is 4.21. The lowest BCUT2D eigenvalue weighted by Crippen LogP contribution is -2.26. The Hall–Kier alpha value is -0.960. The highest BCUT2D eigenvalue weighted by Crippen LogP contribution is 2.27. The summed E-state index contributed by atoms with van der Waals surface area (Å²) in [5.74, 6) is 0. The molecule has 3 nitrogen and oxygen atoms in total. The molecule has 15 heavy (non-hydrogen) atoms. The fourth-order valence-electron chi connectivity index (χ4n) is 1.63. The normalized spacial score (nSPS) is 13.9. The van der Waals surface area contributed by atoms with E-state index in [1.165, 1.54) is 0 Å². The van der Waals surface area contributed by atoms with Gasteiger partial charge in [-0.3, -0.25) is 9.97 Å². The molecule has 0 fully saturated rings. The van der Waals surface area contributed by atoms with Gasteiger partial charge in [-0.1, -0.05) is 27.7 Å².